The Bertz CT molecular complexity index is 262. The van der Waals surface area contributed by atoms with Crippen molar-refractivity contribution >= 4 is 18.3 Å². The second-order valence-electron chi connectivity index (χ2n) is 1.72. The van der Waals surface area contributed by atoms with Gasteiger partial charge >= 0.3 is 0 Å². The lowest BCUT2D eigenvalue weighted by Gasteiger charge is -1.90. The van der Waals surface area contributed by atoms with Gasteiger partial charge in [-0.05, 0) is 6.07 Å². The zero-order chi connectivity index (χ0) is 7.56. The number of nitrogens with zero attached hydrogens (tertiary/aromatic N) is 1. The minimum absolute atomic E-state index is 0.00231. The molecule has 1 aromatic carbocycles. The standard InChI is InChI=1S/C6H4NO2S/c8-7(9)5-3-1-2-4-6(5)10/h1-4H. The third-order valence-electron chi connectivity index (χ3n) is 1.06. The van der Waals surface area contributed by atoms with Crippen LogP contribution in [0, 0.1) is 10.1 Å². The molecular formula is C6H4NO2S. The van der Waals surface area contributed by atoms with Crippen LogP contribution >= 0.6 is 12.6 Å². The first-order valence-electron chi connectivity index (χ1n) is 2.62. The zero-order valence-corrected chi connectivity index (χ0v) is 5.80. The van der Waals surface area contributed by atoms with E-state index in [4.69, 9.17) is 0 Å². The number of nitro groups is 1. The average molecular weight is 154 g/mol. The Balaban J connectivity index is 3.15. The van der Waals surface area contributed by atoms with Crippen LogP contribution in [0.3, 0.4) is 0 Å². The quantitative estimate of drug-likeness (QED) is 0.459. The van der Waals surface area contributed by atoms with E-state index in [1.165, 1.54) is 12.1 Å². The van der Waals surface area contributed by atoms with Gasteiger partial charge in [0.2, 0.25) is 0 Å². The highest BCUT2D eigenvalue weighted by molar-refractivity contribution is 7.80. The van der Waals surface area contributed by atoms with Gasteiger partial charge in [-0.1, -0.05) is 24.8 Å². The van der Waals surface area contributed by atoms with E-state index in [2.05, 4.69) is 12.6 Å². The summed E-state index contributed by atoms with van der Waals surface area (Å²) in [4.78, 5) is 9.96. The maximum Gasteiger partial charge on any atom is 0.287 e. The number of nitro benzene ring substituents is 1. The van der Waals surface area contributed by atoms with Crippen LogP contribution in [0.15, 0.2) is 29.2 Å². The summed E-state index contributed by atoms with van der Waals surface area (Å²) in [7, 11) is 0. The van der Waals surface area contributed by atoms with E-state index in [9.17, 15) is 10.1 Å². The maximum atomic E-state index is 10.2. The summed E-state index contributed by atoms with van der Waals surface area (Å²) in [6.45, 7) is 0. The summed E-state index contributed by atoms with van der Waals surface area (Å²) in [5, 5.41) is 10.2. The van der Waals surface area contributed by atoms with Crippen molar-refractivity contribution in [2.45, 2.75) is 4.90 Å². The Kier molecular flexibility index (Phi) is 1.82. The minimum Gasteiger partial charge on any atom is -0.258 e. The van der Waals surface area contributed by atoms with E-state index < -0.39 is 4.92 Å². The molecule has 0 aliphatic heterocycles. The molecule has 0 atom stereocenters. The first-order chi connectivity index (χ1) is 4.72. The van der Waals surface area contributed by atoms with E-state index in [1.54, 1.807) is 12.1 Å². The van der Waals surface area contributed by atoms with Crippen LogP contribution in [0.1, 0.15) is 0 Å². The first kappa shape index (κ1) is 6.95. The second-order valence-corrected chi connectivity index (χ2v) is 2.16. The minimum atomic E-state index is -0.484. The normalized spacial score (nSPS) is 9.20. The predicted molar refractivity (Wildman–Crippen MR) is 39.0 cm³/mol. The molecule has 0 N–H and O–H groups in total. The van der Waals surface area contributed by atoms with Gasteiger partial charge < -0.3 is 0 Å². The molecule has 0 saturated carbocycles. The molecule has 4 heteroatoms. The van der Waals surface area contributed by atoms with Crippen molar-refractivity contribution < 1.29 is 4.92 Å². The number of benzene rings is 1. The van der Waals surface area contributed by atoms with Crippen molar-refractivity contribution in [3.05, 3.63) is 34.4 Å². The Hall–Kier alpha value is -1.16. The fourth-order valence-corrected chi connectivity index (χ4v) is 0.829. The van der Waals surface area contributed by atoms with Crippen molar-refractivity contribution in [2.24, 2.45) is 0 Å². The Morgan fingerprint density at radius 3 is 2.40 bits per heavy atom. The molecule has 0 aliphatic rings. The molecule has 0 unspecified atom stereocenters. The molecule has 0 saturated heterocycles. The molecule has 0 heterocycles. The average Bonchev–Trinajstić information content (AvgIpc) is 1.88. The van der Waals surface area contributed by atoms with Crippen molar-refractivity contribution in [1.29, 1.82) is 0 Å². The third-order valence-corrected chi connectivity index (χ3v) is 1.41. The molecule has 0 aliphatic carbocycles. The molecule has 10 heavy (non-hydrogen) atoms. The third kappa shape index (κ3) is 1.22. The van der Waals surface area contributed by atoms with Crippen LogP contribution in [0.25, 0.3) is 0 Å². The highest BCUT2D eigenvalue weighted by Crippen LogP contribution is 2.20. The maximum absolute atomic E-state index is 10.2. The summed E-state index contributed by atoms with van der Waals surface area (Å²) in [5.74, 6) is 0. The fourth-order valence-electron chi connectivity index (χ4n) is 0.608. The molecule has 1 radical (unpaired) electrons. The summed E-state index contributed by atoms with van der Waals surface area (Å²) < 4.78 is 0. The number of para-hydroxylation sites is 1. The Labute approximate surface area is 63.2 Å². The van der Waals surface area contributed by atoms with E-state index >= 15 is 0 Å². The molecule has 1 aromatic rings. The lowest BCUT2D eigenvalue weighted by Crippen LogP contribution is -1.87. The predicted octanol–water partition coefficient (Wildman–Crippen LogP) is 2.15. The molecule has 3 nitrogen and oxygen atoms in total. The molecule has 0 bridgehead atoms. The summed E-state index contributed by atoms with van der Waals surface area (Å²) in [6.07, 6.45) is 0. The van der Waals surface area contributed by atoms with Gasteiger partial charge in [0.15, 0.2) is 0 Å². The van der Waals surface area contributed by atoms with Crippen LogP contribution < -0.4 is 0 Å². The van der Waals surface area contributed by atoms with Crippen molar-refractivity contribution in [3.63, 3.8) is 0 Å². The number of rotatable bonds is 1. The van der Waals surface area contributed by atoms with Crippen molar-refractivity contribution in [2.75, 3.05) is 0 Å². The molecule has 0 fully saturated rings. The lowest BCUT2D eigenvalue weighted by atomic mass is 10.3. The van der Waals surface area contributed by atoms with Crippen LogP contribution in [0.5, 0.6) is 0 Å². The van der Waals surface area contributed by atoms with E-state index in [1.807, 2.05) is 0 Å². The lowest BCUT2D eigenvalue weighted by molar-refractivity contribution is -0.387. The van der Waals surface area contributed by atoms with Crippen molar-refractivity contribution in [3.8, 4) is 0 Å². The SMILES string of the molecule is O=[N+]([O-])c1ccccc1[S]. The van der Waals surface area contributed by atoms with E-state index in [-0.39, 0.29) is 10.6 Å². The van der Waals surface area contributed by atoms with Crippen LogP contribution in [0.2, 0.25) is 0 Å². The fraction of sp³-hybridized carbons (Fsp3) is 0. The van der Waals surface area contributed by atoms with Crippen molar-refractivity contribution in [1.82, 2.24) is 0 Å². The Morgan fingerprint density at radius 2 is 2.00 bits per heavy atom. The molecule has 0 spiro atoms. The zero-order valence-electron chi connectivity index (χ0n) is 4.98. The smallest absolute Gasteiger partial charge is 0.258 e. The topological polar surface area (TPSA) is 43.1 Å². The van der Waals surface area contributed by atoms with Gasteiger partial charge in [0, 0.05) is 6.07 Å². The van der Waals surface area contributed by atoms with Gasteiger partial charge in [0.1, 0.15) is 4.90 Å². The second kappa shape index (κ2) is 2.62. The first-order valence-corrected chi connectivity index (χ1v) is 3.03. The van der Waals surface area contributed by atoms with Crippen LogP contribution in [-0.2, 0) is 0 Å². The van der Waals surface area contributed by atoms with Gasteiger partial charge in [-0.3, -0.25) is 10.1 Å². The van der Waals surface area contributed by atoms with E-state index in [0.717, 1.165) is 0 Å². The molecule has 1 rings (SSSR count). The van der Waals surface area contributed by atoms with E-state index in [0.29, 0.717) is 0 Å². The largest absolute Gasteiger partial charge is 0.287 e. The van der Waals surface area contributed by atoms with Gasteiger partial charge in [0.05, 0.1) is 4.92 Å². The monoisotopic (exact) mass is 154 g/mol. The molecule has 0 amide bonds. The highest BCUT2D eigenvalue weighted by Gasteiger charge is 2.08. The summed E-state index contributed by atoms with van der Waals surface area (Å²) in [6, 6.07) is 6.19. The van der Waals surface area contributed by atoms with Gasteiger partial charge in [-0.15, -0.1) is 0 Å². The summed E-state index contributed by atoms with van der Waals surface area (Å²) >= 11 is 4.69. The van der Waals surface area contributed by atoms with Crippen LogP contribution in [0.4, 0.5) is 5.69 Å². The van der Waals surface area contributed by atoms with Crippen LogP contribution in [-0.4, -0.2) is 4.92 Å². The molecule has 51 valence electrons. The molecule has 0 aromatic heterocycles. The van der Waals surface area contributed by atoms with Gasteiger partial charge in [0.25, 0.3) is 5.69 Å². The highest BCUT2D eigenvalue weighted by atomic mass is 32.1. The number of hydrogen-bond acceptors (Lipinski definition) is 2. The summed E-state index contributed by atoms with van der Waals surface area (Å²) in [5.41, 5.74) is -0.00231. The van der Waals surface area contributed by atoms with Gasteiger partial charge in [-0.2, -0.15) is 0 Å². The van der Waals surface area contributed by atoms with Gasteiger partial charge in [-0.25, -0.2) is 0 Å². The molecular weight excluding hydrogens is 150 g/mol. The number of hydrogen-bond donors (Lipinski definition) is 0. The Morgan fingerprint density at radius 1 is 1.40 bits per heavy atom.